The first-order chi connectivity index (χ1) is 17.6. The minimum Gasteiger partial charge on any atom is -0.370 e. The van der Waals surface area contributed by atoms with Crippen molar-refractivity contribution in [3.8, 4) is 0 Å². The molecule has 0 radical (unpaired) electrons. The summed E-state index contributed by atoms with van der Waals surface area (Å²) in [6, 6.07) is 15.3. The first-order valence-corrected chi connectivity index (χ1v) is 14.1. The standard InChI is InChI=1S/C28H30Cl2N4O2S/c1-16(2)23-24(26(36)33-14-4-5-21(33)15-22(31)35)37-27-32-28(3,18-8-12-20(30)13-9-18)25(34(23)27)17-6-10-19(29)11-7-17/h6-13,16,21,25H,4-5,14-15H2,1-3H3,(H2,31,35)/t21-,25+,28-/m0/s1. The highest BCUT2D eigenvalue weighted by atomic mass is 35.5. The van der Waals surface area contributed by atoms with Gasteiger partial charge in [0.25, 0.3) is 5.91 Å². The van der Waals surface area contributed by atoms with Crippen LogP contribution in [0.2, 0.25) is 10.0 Å². The molecule has 0 saturated carbocycles. The molecule has 0 bridgehead atoms. The van der Waals surface area contributed by atoms with E-state index in [1.54, 1.807) is 0 Å². The second-order valence-electron chi connectivity index (χ2n) is 10.3. The van der Waals surface area contributed by atoms with E-state index in [0.717, 1.165) is 34.8 Å². The Hall–Kier alpha value is -2.48. The lowest BCUT2D eigenvalue weighted by molar-refractivity contribution is -0.128. The molecule has 3 heterocycles. The van der Waals surface area contributed by atoms with E-state index < -0.39 is 5.54 Å². The Labute approximate surface area is 231 Å². The van der Waals surface area contributed by atoms with Crippen molar-refractivity contribution in [1.29, 1.82) is 0 Å². The van der Waals surface area contributed by atoms with Gasteiger partial charge < -0.3 is 15.5 Å². The van der Waals surface area contributed by atoms with Crippen molar-refractivity contribution < 1.29 is 9.59 Å². The number of aliphatic imine (C=N–C) groups is 1. The summed E-state index contributed by atoms with van der Waals surface area (Å²) in [6.45, 7) is 6.97. The maximum atomic E-state index is 13.9. The molecule has 1 fully saturated rings. The quantitative estimate of drug-likeness (QED) is 0.466. The zero-order chi connectivity index (χ0) is 26.5. The summed E-state index contributed by atoms with van der Waals surface area (Å²) in [5, 5.41) is 2.13. The molecule has 3 aliphatic rings. The smallest absolute Gasteiger partial charge is 0.262 e. The van der Waals surface area contributed by atoms with Crippen LogP contribution >= 0.6 is 35.0 Å². The number of hydrogen-bond donors (Lipinski definition) is 1. The van der Waals surface area contributed by atoms with Gasteiger partial charge in [-0.25, -0.2) is 4.99 Å². The van der Waals surface area contributed by atoms with Gasteiger partial charge in [-0.2, -0.15) is 0 Å². The number of thioether (sulfide) groups is 1. The van der Waals surface area contributed by atoms with Crippen molar-refractivity contribution in [2.75, 3.05) is 6.54 Å². The monoisotopic (exact) mass is 556 g/mol. The number of nitrogens with two attached hydrogens (primary N) is 1. The van der Waals surface area contributed by atoms with E-state index in [9.17, 15) is 9.59 Å². The van der Waals surface area contributed by atoms with Gasteiger partial charge in [-0.15, -0.1) is 0 Å². The molecular weight excluding hydrogens is 527 g/mol. The Morgan fingerprint density at radius 3 is 2.32 bits per heavy atom. The molecule has 5 rings (SSSR count). The van der Waals surface area contributed by atoms with Crippen molar-refractivity contribution >= 4 is 51.9 Å². The fourth-order valence-electron chi connectivity index (χ4n) is 5.74. The number of carbonyl (C=O) groups excluding carboxylic acids is 2. The summed E-state index contributed by atoms with van der Waals surface area (Å²) in [5.74, 6) is -0.357. The third-order valence-electron chi connectivity index (χ3n) is 7.44. The van der Waals surface area contributed by atoms with E-state index in [4.69, 9.17) is 33.9 Å². The van der Waals surface area contributed by atoms with Gasteiger partial charge in [-0.1, -0.05) is 61.3 Å². The number of hydrogen-bond acceptors (Lipinski definition) is 5. The molecule has 3 aliphatic heterocycles. The van der Waals surface area contributed by atoms with Crippen LogP contribution in [0, 0.1) is 5.92 Å². The Morgan fingerprint density at radius 2 is 1.73 bits per heavy atom. The lowest BCUT2D eigenvalue weighted by Crippen LogP contribution is -2.39. The van der Waals surface area contributed by atoms with Crippen LogP contribution in [-0.4, -0.2) is 39.4 Å². The number of nitrogens with zero attached hydrogens (tertiary/aromatic N) is 3. The van der Waals surface area contributed by atoms with E-state index in [0.29, 0.717) is 21.5 Å². The number of carbonyl (C=O) groups is 2. The van der Waals surface area contributed by atoms with Crippen LogP contribution in [0.15, 0.2) is 64.1 Å². The molecule has 0 aliphatic carbocycles. The minimum absolute atomic E-state index is 0.0439. The number of rotatable bonds is 6. The molecule has 2 aromatic carbocycles. The molecule has 0 unspecified atom stereocenters. The number of amidine groups is 1. The molecule has 0 spiro atoms. The SMILES string of the molecule is CC(C)C1=C(C(=O)N2CCC[C@H]2CC(N)=O)SC2=N[C@@](C)(c3ccc(Cl)cc3)[C@@H](c3ccc(Cl)cc3)N21. The van der Waals surface area contributed by atoms with Crippen LogP contribution in [0.3, 0.4) is 0 Å². The Balaban J connectivity index is 1.60. The van der Waals surface area contributed by atoms with Crippen LogP contribution in [0.25, 0.3) is 0 Å². The zero-order valence-corrected chi connectivity index (χ0v) is 23.4. The van der Waals surface area contributed by atoms with Crippen LogP contribution in [0.1, 0.15) is 57.2 Å². The predicted octanol–water partition coefficient (Wildman–Crippen LogP) is 6.10. The molecule has 2 N–H and O–H groups in total. The Bertz CT molecular complexity index is 1290. The molecule has 2 amide bonds. The molecule has 6 nitrogen and oxygen atoms in total. The average molecular weight is 558 g/mol. The largest absolute Gasteiger partial charge is 0.370 e. The number of benzene rings is 2. The molecule has 0 aromatic heterocycles. The Morgan fingerprint density at radius 1 is 1.11 bits per heavy atom. The second kappa shape index (κ2) is 10.0. The molecule has 3 atom stereocenters. The van der Waals surface area contributed by atoms with E-state index in [2.05, 4.69) is 25.7 Å². The first-order valence-electron chi connectivity index (χ1n) is 12.5. The number of likely N-dealkylation sites (tertiary alicyclic amines) is 1. The predicted molar refractivity (Wildman–Crippen MR) is 150 cm³/mol. The van der Waals surface area contributed by atoms with Crippen LogP contribution < -0.4 is 5.73 Å². The average Bonchev–Trinajstić information content (AvgIpc) is 3.52. The summed E-state index contributed by atoms with van der Waals surface area (Å²) < 4.78 is 0. The first kappa shape index (κ1) is 26.1. The molecule has 37 heavy (non-hydrogen) atoms. The van der Waals surface area contributed by atoms with E-state index in [1.807, 2.05) is 53.4 Å². The van der Waals surface area contributed by atoms with Crippen molar-refractivity contribution in [2.24, 2.45) is 16.6 Å². The number of fused-ring (bicyclic) bond motifs is 1. The Kier molecular flexibility index (Phi) is 7.07. The zero-order valence-electron chi connectivity index (χ0n) is 21.1. The third-order valence-corrected chi connectivity index (χ3v) is 9.00. The minimum atomic E-state index is -0.613. The van der Waals surface area contributed by atoms with Gasteiger partial charge in [0, 0.05) is 34.7 Å². The normalized spacial score (nSPS) is 25.2. The maximum Gasteiger partial charge on any atom is 0.262 e. The van der Waals surface area contributed by atoms with E-state index >= 15 is 0 Å². The van der Waals surface area contributed by atoms with Crippen molar-refractivity contribution in [1.82, 2.24) is 9.80 Å². The molecule has 1 saturated heterocycles. The van der Waals surface area contributed by atoms with Gasteiger partial charge in [0.1, 0.15) is 10.4 Å². The van der Waals surface area contributed by atoms with Crippen molar-refractivity contribution in [3.05, 3.63) is 80.3 Å². The number of halogens is 2. The van der Waals surface area contributed by atoms with E-state index in [1.165, 1.54) is 11.8 Å². The van der Waals surface area contributed by atoms with Gasteiger partial charge >= 0.3 is 0 Å². The summed E-state index contributed by atoms with van der Waals surface area (Å²) in [7, 11) is 0. The summed E-state index contributed by atoms with van der Waals surface area (Å²) in [6.07, 6.45) is 1.84. The van der Waals surface area contributed by atoms with Gasteiger partial charge in [0.05, 0.1) is 6.04 Å². The fourth-order valence-corrected chi connectivity index (χ4v) is 7.36. The van der Waals surface area contributed by atoms with Crippen molar-refractivity contribution in [2.45, 2.75) is 57.7 Å². The molecule has 194 valence electrons. The van der Waals surface area contributed by atoms with Crippen LogP contribution in [-0.2, 0) is 15.1 Å². The summed E-state index contributed by atoms with van der Waals surface area (Å²) in [4.78, 5) is 35.6. The highest BCUT2D eigenvalue weighted by Crippen LogP contribution is 2.56. The van der Waals surface area contributed by atoms with Crippen molar-refractivity contribution in [3.63, 3.8) is 0 Å². The van der Waals surface area contributed by atoms with Gasteiger partial charge in [-0.3, -0.25) is 9.59 Å². The fraction of sp³-hybridized carbons (Fsp3) is 0.393. The summed E-state index contributed by atoms with van der Waals surface area (Å²) in [5.41, 5.74) is 7.92. The van der Waals surface area contributed by atoms with Gasteiger partial charge in [0.2, 0.25) is 5.91 Å². The lowest BCUT2D eigenvalue weighted by atomic mass is 9.81. The van der Waals surface area contributed by atoms with Gasteiger partial charge in [-0.05, 0) is 72.8 Å². The number of amides is 2. The topological polar surface area (TPSA) is 79.0 Å². The maximum absolute atomic E-state index is 13.9. The highest BCUT2D eigenvalue weighted by molar-refractivity contribution is 8.18. The molecule has 9 heteroatoms. The molecule has 2 aromatic rings. The third kappa shape index (κ3) is 4.66. The lowest BCUT2D eigenvalue weighted by Gasteiger charge is -2.37. The molecular formula is C28H30Cl2N4O2S. The van der Waals surface area contributed by atoms with Crippen LogP contribution in [0.4, 0.5) is 0 Å². The van der Waals surface area contributed by atoms with Gasteiger partial charge in [0.15, 0.2) is 5.17 Å². The highest BCUT2D eigenvalue weighted by Gasteiger charge is 2.53. The van der Waals surface area contributed by atoms with E-state index in [-0.39, 0.29) is 36.2 Å². The second-order valence-corrected chi connectivity index (χ2v) is 12.2. The van der Waals surface area contributed by atoms with Crippen LogP contribution in [0.5, 0.6) is 0 Å². The number of primary amides is 1. The number of allylic oxidation sites excluding steroid dienone is 1. The summed E-state index contributed by atoms with van der Waals surface area (Å²) >= 11 is 13.9.